The van der Waals surface area contributed by atoms with Crippen LogP contribution in [0.2, 0.25) is 0 Å². The van der Waals surface area contributed by atoms with Crippen LogP contribution in [0.4, 0.5) is 68.2 Å². The highest BCUT2D eigenvalue weighted by atomic mass is 32.1. The zero-order chi connectivity index (χ0) is 96.8. The van der Waals surface area contributed by atoms with E-state index in [1.54, 1.807) is 0 Å². The SMILES string of the molecule is CC1(C)c2ccccc2-c2c(-c3ccc4c(c3)Oc3cccc5c3N4c3ccccc3O5)cccc21.c1ccc2c(c1)Oc1cccc3c1N2c1ccc(-c2ccc(-c4ccccc4-c4cccc5ccccc45)cc2)cc1O3.c1ccc2c(c1)Oc1cccc3c1N2c1ccc(-c2cccc4oc5ccccc5c24)cc1O3.c1ccc2c(c1)Oc1cccc3c1N2c1ccc(-c2cccc4sc5ccccc5c24)cc1O3. The number of benzene rings is 22. The van der Waals surface area contributed by atoms with Gasteiger partial charge in [0.2, 0.25) is 0 Å². The summed E-state index contributed by atoms with van der Waals surface area (Å²) in [4.78, 5) is 9.01. The molecular weight excluding hydrogens is 1830 g/mol. The molecule has 10 heterocycles. The summed E-state index contributed by atoms with van der Waals surface area (Å²) in [7, 11) is 0. The molecule has 0 bridgehead atoms. The molecule has 0 radical (unpaired) electrons. The van der Waals surface area contributed by atoms with Gasteiger partial charge in [-0.25, -0.2) is 0 Å². The van der Waals surface area contributed by atoms with Crippen LogP contribution in [-0.2, 0) is 5.41 Å². The van der Waals surface area contributed by atoms with E-state index in [4.69, 9.17) is 42.3 Å². The number of hydrogen-bond donors (Lipinski definition) is 0. The lowest BCUT2D eigenvalue weighted by Gasteiger charge is -2.37. The number of ether oxygens (including phenoxy) is 8. The molecule has 33 rings (SSSR count). The average Bonchev–Trinajstić information content (AvgIpc) is 1.49. The molecule has 0 atom stereocenters. The van der Waals surface area contributed by atoms with Gasteiger partial charge in [-0.15, -0.1) is 11.3 Å². The van der Waals surface area contributed by atoms with Gasteiger partial charge in [-0.3, -0.25) is 19.6 Å². The number of anilines is 12. The maximum Gasteiger partial charge on any atom is 0.155 e. The van der Waals surface area contributed by atoms with E-state index in [9.17, 15) is 0 Å². The largest absolute Gasteiger partial charge is 0.456 e. The number of para-hydroxylation sites is 13. The first-order chi connectivity index (χ1) is 72.6. The Labute approximate surface area is 849 Å². The van der Waals surface area contributed by atoms with Gasteiger partial charge < -0.3 is 42.3 Å². The fraction of sp³-hybridized carbons (Fsp3) is 0.0226. The minimum Gasteiger partial charge on any atom is -0.456 e. The van der Waals surface area contributed by atoms with Gasteiger partial charge in [-0.1, -0.05) is 305 Å². The number of thiophene rings is 1. The highest BCUT2D eigenvalue weighted by molar-refractivity contribution is 7.26. The second-order valence-corrected chi connectivity index (χ2v) is 39.4. The molecule has 13 nitrogen and oxygen atoms in total. The summed E-state index contributed by atoms with van der Waals surface area (Å²) in [5.41, 5.74) is 33.1. The van der Waals surface area contributed by atoms with Crippen molar-refractivity contribution < 1.29 is 42.3 Å². The highest BCUT2D eigenvalue weighted by Gasteiger charge is 2.42. The van der Waals surface area contributed by atoms with Crippen LogP contribution in [0.15, 0.2) is 465 Å². The Morgan fingerprint density at radius 2 is 0.503 bits per heavy atom. The quantitative estimate of drug-likeness (QED) is 0.158. The zero-order valence-corrected chi connectivity index (χ0v) is 80.1. The summed E-state index contributed by atoms with van der Waals surface area (Å²) in [6.45, 7) is 4.64. The van der Waals surface area contributed by atoms with Crippen molar-refractivity contribution in [3.63, 3.8) is 0 Å². The molecule has 0 unspecified atom stereocenters. The fourth-order valence-corrected chi connectivity index (χ4v) is 24.1. The predicted molar refractivity (Wildman–Crippen MR) is 593 cm³/mol. The van der Waals surface area contributed by atoms with E-state index in [-0.39, 0.29) is 5.41 Å². The number of rotatable bonds is 6. The monoisotopic (exact) mass is 1910 g/mol. The van der Waals surface area contributed by atoms with Crippen LogP contribution in [0, 0.1) is 0 Å². The minimum atomic E-state index is -0.0283. The van der Waals surface area contributed by atoms with Crippen molar-refractivity contribution >= 4 is 132 Å². The number of furan rings is 1. The van der Waals surface area contributed by atoms with Crippen molar-refractivity contribution in [1.29, 1.82) is 0 Å². The van der Waals surface area contributed by atoms with Gasteiger partial charge in [-0.05, 0) is 270 Å². The third-order valence-electron chi connectivity index (χ3n) is 29.6. The lowest BCUT2D eigenvalue weighted by molar-refractivity contribution is 0.445. The van der Waals surface area contributed by atoms with Gasteiger partial charge in [-0.2, -0.15) is 0 Å². The van der Waals surface area contributed by atoms with E-state index in [0.29, 0.717) is 0 Å². The maximum absolute atomic E-state index is 6.51. The Bertz CT molecular complexity index is 9430. The molecule has 8 aliphatic heterocycles. The van der Waals surface area contributed by atoms with Crippen LogP contribution in [-0.4, -0.2) is 0 Å². The molecular formula is C133H82N4O9S. The van der Waals surface area contributed by atoms with E-state index >= 15 is 0 Å². The van der Waals surface area contributed by atoms with Crippen molar-refractivity contribution in [1.82, 2.24) is 0 Å². The molecule has 147 heavy (non-hydrogen) atoms. The van der Waals surface area contributed by atoms with Gasteiger partial charge in [0.1, 0.15) is 33.9 Å². The molecule has 2 aromatic heterocycles. The molecule has 0 saturated heterocycles. The summed E-state index contributed by atoms with van der Waals surface area (Å²) in [5, 5.41) is 7.35. The standard InChI is InChI=1S/C40H25NO2.C33H23NO2.C30H17NO3.C30H17NO2S/c1-2-11-30-27(9-1)10-7-14-33(30)32-13-4-3-12-31(32)28-21-19-26(20-22-28)29-23-24-35-39(25-29)43-38-18-8-17-37-40(38)41(35)34-15-5-6-16-36(34)42-37;1-33(2)23-11-4-3-9-22(23)31-21(10-7-12-24(31)33)20-17-18-26-30(19-20)36-29-16-8-15-28-32(29)34(26)25-13-5-6-14-27(25)35-28;1-3-10-23-20(7-1)29-19(8-5-12-25(29)32-23)18-15-16-22-28(17-18)34-27-14-6-13-26-30(27)31(22)21-9-2-4-11-24(21)33-26;1-4-13-27-20(7-1)29-19(8-5-14-28(29)34-27)18-15-16-22-26(17-18)33-25-12-6-11-24-30(25)31(22)21-9-2-3-10-23(21)32-24/h1-25H;3-19H,1-2H3;2*1-17H. The molecule has 0 N–H and O–H groups in total. The van der Waals surface area contributed by atoms with Gasteiger partial charge in [0.05, 0.1) is 45.5 Å². The predicted octanol–water partition coefficient (Wildman–Crippen LogP) is 39.2. The zero-order valence-electron chi connectivity index (χ0n) is 79.2. The summed E-state index contributed by atoms with van der Waals surface area (Å²) < 4.78 is 59.4. The van der Waals surface area contributed by atoms with Crippen LogP contribution in [0.5, 0.6) is 92.0 Å². The van der Waals surface area contributed by atoms with Crippen LogP contribution < -0.4 is 57.5 Å². The first-order valence-electron chi connectivity index (χ1n) is 49.4. The Hall–Kier alpha value is -19.3. The Kier molecular flexibility index (Phi) is 18.7. The number of nitrogens with zero attached hydrogens (tertiary/aromatic N) is 4. The number of hydrogen-bond acceptors (Lipinski definition) is 14. The van der Waals surface area contributed by atoms with Gasteiger partial charge >= 0.3 is 0 Å². The molecule has 0 saturated carbocycles. The van der Waals surface area contributed by atoms with Gasteiger partial charge in [0.25, 0.3) is 0 Å². The van der Waals surface area contributed by atoms with E-state index < -0.39 is 0 Å². The van der Waals surface area contributed by atoms with E-state index in [1.165, 1.54) is 86.6 Å². The first-order valence-corrected chi connectivity index (χ1v) is 50.3. The molecule has 1 aliphatic carbocycles. The Morgan fingerprint density at radius 3 is 1.03 bits per heavy atom. The Morgan fingerprint density at radius 1 is 0.190 bits per heavy atom. The minimum absolute atomic E-state index is 0.0283. The van der Waals surface area contributed by atoms with Crippen molar-refractivity contribution in [3.8, 4) is 170 Å². The molecule has 0 spiro atoms. The summed E-state index contributed by atoms with van der Waals surface area (Å²) in [6, 6.07) is 160. The van der Waals surface area contributed by atoms with Crippen LogP contribution in [0.25, 0.3) is 131 Å². The maximum atomic E-state index is 6.51. The van der Waals surface area contributed by atoms with Gasteiger partial charge in [0.15, 0.2) is 92.0 Å². The first kappa shape index (κ1) is 83.5. The second kappa shape index (κ2) is 32.9. The van der Waals surface area contributed by atoms with Gasteiger partial charge in [0, 0.05) is 36.4 Å². The number of fused-ring (bicyclic) bond motifs is 26. The fourth-order valence-electron chi connectivity index (χ4n) is 23.0. The third-order valence-corrected chi connectivity index (χ3v) is 30.7. The summed E-state index contributed by atoms with van der Waals surface area (Å²) in [5.74, 6) is 13.1. The summed E-state index contributed by atoms with van der Waals surface area (Å²) in [6.07, 6.45) is 0. The second-order valence-electron chi connectivity index (χ2n) is 38.3. The average molecular weight is 1910 g/mol. The lowest BCUT2D eigenvalue weighted by Crippen LogP contribution is -2.20. The molecule has 24 aromatic rings. The molecule has 9 aliphatic rings. The van der Waals surface area contributed by atoms with Crippen LogP contribution >= 0.6 is 11.3 Å². The van der Waals surface area contributed by atoms with Crippen LogP contribution in [0.1, 0.15) is 25.0 Å². The van der Waals surface area contributed by atoms with E-state index in [2.05, 4.69) is 325 Å². The smallest absolute Gasteiger partial charge is 0.155 e. The normalized spacial score (nSPS) is 13.4. The lowest BCUT2D eigenvalue weighted by atomic mass is 9.82. The van der Waals surface area contributed by atoms with E-state index in [0.717, 1.165) is 216 Å². The van der Waals surface area contributed by atoms with Crippen LogP contribution in [0.3, 0.4) is 0 Å². The van der Waals surface area contributed by atoms with Crippen molar-refractivity contribution in [2.24, 2.45) is 0 Å². The van der Waals surface area contributed by atoms with Crippen molar-refractivity contribution in [3.05, 3.63) is 472 Å². The van der Waals surface area contributed by atoms with Crippen molar-refractivity contribution in [2.45, 2.75) is 19.3 Å². The molecule has 0 fully saturated rings. The third kappa shape index (κ3) is 13.2. The molecule has 694 valence electrons. The molecule has 0 amide bonds. The topological polar surface area (TPSA) is 99.9 Å². The summed E-state index contributed by atoms with van der Waals surface area (Å²) >= 11 is 1.84. The van der Waals surface area contributed by atoms with Crippen molar-refractivity contribution in [2.75, 3.05) is 19.6 Å². The highest BCUT2D eigenvalue weighted by Crippen LogP contribution is 2.67. The molecule has 22 aromatic carbocycles. The van der Waals surface area contributed by atoms with E-state index in [1.807, 2.05) is 181 Å². The molecule has 14 heteroatoms. The Balaban J connectivity index is 0.0000000910.